The van der Waals surface area contributed by atoms with Gasteiger partial charge in [0.05, 0.1) is 21.0 Å². The molecule has 0 bridgehead atoms. The normalized spacial score (nSPS) is 13.3. The van der Waals surface area contributed by atoms with Gasteiger partial charge in [-0.3, -0.25) is 0 Å². The Kier molecular flexibility index (Phi) is 9.32. The molecule has 0 saturated heterocycles. The number of aromatic nitrogens is 2. The van der Waals surface area contributed by atoms with Crippen molar-refractivity contribution in [3.05, 3.63) is 181 Å². The summed E-state index contributed by atoms with van der Waals surface area (Å²) in [6, 6.07) is 52.8. The van der Waals surface area contributed by atoms with E-state index in [0.29, 0.717) is 6.71 Å². The fourth-order valence-corrected chi connectivity index (χ4v) is 9.02. The van der Waals surface area contributed by atoms with Crippen molar-refractivity contribution in [3.63, 3.8) is 0 Å². The highest BCUT2D eigenvalue weighted by atomic mass is 28.2. The standard InChI is InChI=1S/C26H28N2Si.C15H15B/c1-25(2,3)23-15-10-16-24(19-23)29-26(28-18-17-27-20-28,21-11-6-4-7-12-21)22-13-8-5-9-14-22;1-3-7-13(8-4-1)16(15-11-12-15)14-9-5-2-6-10-14/h4-20H,29H2,1-3H3;1-10,15H,11-12H2. The van der Waals surface area contributed by atoms with Crippen LogP contribution in [0.1, 0.15) is 50.3 Å². The number of hydrogen-bond acceptors (Lipinski definition) is 1. The third kappa shape index (κ3) is 7.13. The monoisotopic (exact) mass is 602 g/mol. The largest absolute Gasteiger partial charge is 0.326 e. The van der Waals surface area contributed by atoms with Crippen LogP contribution in [0, 0.1) is 0 Å². The molecule has 1 saturated carbocycles. The maximum atomic E-state index is 4.42. The van der Waals surface area contributed by atoms with Gasteiger partial charge >= 0.3 is 0 Å². The average molecular weight is 603 g/mol. The first-order chi connectivity index (χ1) is 21.9. The highest BCUT2D eigenvalue weighted by molar-refractivity contribution is 6.86. The van der Waals surface area contributed by atoms with Crippen LogP contribution >= 0.6 is 0 Å². The van der Waals surface area contributed by atoms with E-state index in [0.717, 1.165) is 5.82 Å². The van der Waals surface area contributed by atoms with Crippen molar-refractivity contribution in [2.75, 3.05) is 0 Å². The molecule has 1 heterocycles. The number of imidazole rings is 1. The second kappa shape index (κ2) is 13.7. The van der Waals surface area contributed by atoms with Gasteiger partial charge in [0.2, 0.25) is 6.71 Å². The van der Waals surface area contributed by atoms with E-state index in [2.05, 4.69) is 182 Å². The lowest BCUT2D eigenvalue weighted by atomic mass is 9.37. The number of rotatable bonds is 8. The van der Waals surface area contributed by atoms with E-state index in [1.807, 2.05) is 12.5 Å². The first-order valence-corrected chi connectivity index (χ1v) is 17.7. The molecule has 0 aliphatic heterocycles. The highest BCUT2D eigenvalue weighted by Crippen LogP contribution is 2.38. The molecule has 2 nitrogen and oxygen atoms in total. The topological polar surface area (TPSA) is 17.8 Å². The summed E-state index contributed by atoms with van der Waals surface area (Å²) in [6.07, 6.45) is 8.74. The van der Waals surface area contributed by atoms with E-state index in [1.165, 1.54) is 45.6 Å². The Labute approximate surface area is 272 Å². The molecule has 6 aromatic rings. The van der Waals surface area contributed by atoms with Gasteiger partial charge in [-0.05, 0) is 22.1 Å². The molecule has 7 rings (SSSR count). The molecule has 0 radical (unpaired) electrons. The minimum absolute atomic E-state index is 0.140. The van der Waals surface area contributed by atoms with Crippen LogP contribution in [0.15, 0.2) is 164 Å². The quantitative estimate of drug-likeness (QED) is 0.174. The van der Waals surface area contributed by atoms with Gasteiger partial charge in [-0.1, -0.05) is 201 Å². The molecule has 224 valence electrons. The predicted octanol–water partition coefficient (Wildman–Crippen LogP) is 6.88. The smallest absolute Gasteiger partial charge is 0.212 e. The van der Waals surface area contributed by atoms with Crippen molar-refractivity contribution in [1.29, 1.82) is 0 Å². The minimum atomic E-state index is -0.826. The molecule has 0 atom stereocenters. The van der Waals surface area contributed by atoms with Gasteiger partial charge in [0.25, 0.3) is 0 Å². The molecule has 4 heteroatoms. The van der Waals surface area contributed by atoms with Crippen molar-refractivity contribution in [3.8, 4) is 0 Å². The SMILES string of the molecule is CC(C)(C)c1cccc([SiH2]C(c2ccccc2)(c2ccccc2)n2ccnc2)c1.c1ccc(B(c2ccccc2)C2CC2)cc1. The molecule has 1 fully saturated rings. The lowest BCUT2D eigenvalue weighted by molar-refractivity contribution is 0.589. The van der Waals surface area contributed by atoms with Crippen molar-refractivity contribution in [2.45, 2.75) is 50.0 Å². The van der Waals surface area contributed by atoms with E-state index < -0.39 is 9.52 Å². The molecule has 1 aliphatic rings. The molecule has 45 heavy (non-hydrogen) atoms. The first-order valence-electron chi connectivity index (χ1n) is 16.2. The summed E-state index contributed by atoms with van der Waals surface area (Å²) >= 11 is 0. The summed E-state index contributed by atoms with van der Waals surface area (Å²) in [7, 11) is -0.826. The molecule has 0 N–H and O–H groups in total. The van der Waals surface area contributed by atoms with Crippen LogP contribution in [-0.4, -0.2) is 25.8 Å². The molecule has 5 aromatic carbocycles. The molecule has 1 aromatic heterocycles. The second-order valence-corrected chi connectivity index (χ2v) is 15.5. The van der Waals surface area contributed by atoms with Crippen LogP contribution in [0.5, 0.6) is 0 Å². The third-order valence-electron chi connectivity index (χ3n) is 9.11. The zero-order valence-electron chi connectivity index (χ0n) is 26.8. The van der Waals surface area contributed by atoms with Gasteiger partial charge in [0, 0.05) is 12.4 Å². The van der Waals surface area contributed by atoms with Gasteiger partial charge in [0.15, 0.2) is 0 Å². The lowest BCUT2D eigenvalue weighted by Gasteiger charge is -2.37. The number of nitrogens with zero attached hydrogens (tertiary/aromatic N) is 2. The van der Waals surface area contributed by atoms with E-state index in [1.54, 1.807) is 0 Å². The van der Waals surface area contributed by atoms with Crippen molar-refractivity contribution < 1.29 is 0 Å². The van der Waals surface area contributed by atoms with Gasteiger partial charge in [0.1, 0.15) is 0 Å². The maximum absolute atomic E-state index is 4.42. The van der Waals surface area contributed by atoms with Gasteiger partial charge in [-0.2, -0.15) is 0 Å². The summed E-state index contributed by atoms with van der Waals surface area (Å²) in [5, 5.41) is 1.23. The summed E-state index contributed by atoms with van der Waals surface area (Å²) in [4.78, 5) is 4.42. The Morgan fingerprint density at radius 2 is 1.11 bits per heavy atom. The Hall–Kier alpha value is -4.41. The second-order valence-electron chi connectivity index (χ2n) is 13.3. The van der Waals surface area contributed by atoms with Crippen LogP contribution in [-0.2, 0) is 10.6 Å². The van der Waals surface area contributed by atoms with Gasteiger partial charge in [-0.25, -0.2) is 4.98 Å². The third-order valence-corrected chi connectivity index (χ3v) is 11.7. The highest BCUT2D eigenvalue weighted by Gasteiger charge is 2.37. The van der Waals surface area contributed by atoms with Crippen LogP contribution < -0.4 is 16.1 Å². The summed E-state index contributed by atoms with van der Waals surface area (Å²) in [5.74, 6) is 0.866. The molecule has 0 amide bonds. The fraction of sp³-hybridized carbons (Fsp3) is 0.195. The Morgan fingerprint density at radius 1 is 0.622 bits per heavy atom. The number of hydrogen-bond donors (Lipinski definition) is 0. The summed E-state index contributed by atoms with van der Waals surface area (Å²) in [6.45, 7) is 7.46. The Balaban J connectivity index is 0.000000187. The van der Waals surface area contributed by atoms with Crippen LogP contribution in [0.4, 0.5) is 0 Å². The molecule has 1 aliphatic carbocycles. The van der Waals surface area contributed by atoms with E-state index in [9.17, 15) is 0 Å². The molecular formula is C41H43BN2Si. The minimum Gasteiger partial charge on any atom is -0.326 e. The molecular weight excluding hydrogens is 559 g/mol. The van der Waals surface area contributed by atoms with Crippen molar-refractivity contribution in [2.24, 2.45) is 0 Å². The predicted molar refractivity (Wildman–Crippen MR) is 195 cm³/mol. The summed E-state index contributed by atoms with van der Waals surface area (Å²) in [5.41, 5.74) is 7.10. The van der Waals surface area contributed by atoms with Gasteiger partial charge < -0.3 is 4.57 Å². The first kappa shape index (κ1) is 30.6. The van der Waals surface area contributed by atoms with E-state index in [4.69, 9.17) is 0 Å². The van der Waals surface area contributed by atoms with Gasteiger partial charge in [-0.15, -0.1) is 0 Å². The average Bonchev–Trinajstić information content (AvgIpc) is 3.76. The van der Waals surface area contributed by atoms with Crippen LogP contribution in [0.3, 0.4) is 0 Å². The van der Waals surface area contributed by atoms with E-state index in [-0.39, 0.29) is 10.6 Å². The van der Waals surface area contributed by atoms with E-state index >= 15 is 0 Å². The van der Waals surface area contributed by atoms with Crippen LogP contribution in [0.25, 0.3) is 0 Å². The zero-order valence-corrected chi connectivity index (χ0v) is 28.2. The molecule has 0 spiro atoms. The van der Waals surface area contributed by atoms with Crippen LogP contribution in [0.2, 0.25) is 5.82 Å². The van der Waals surface area contributed by atoms with Crippen molar-refractivity contribution >= 4 is 32.3 Å². The summed E-state index contributed by atoms with van der Waals surface area (Å²) < 4.78 is 2.31. The Morgan fingerprint density at radius 3 is 1.56 bits per heavy atom. The molecule has 0 unspecified atom stereocenters. The van der Waals surface area contributed by atoms with Crippen molar-refractivity contribution in [1.82, 2.24) is 9.55 Å². The number of benzene rings is 5. The lowest BCUT2D eigenvalue weighted by Crippen LogP contribution is -2.47. The zero-order chi connectivity index (χ0) is 31.1. The maximum Gasteiger partial charge on any atom is 0.212 e. The fourth-order valence-electron chi connectivity index (χ4n) is 6.60. The Bertz CT molecular complexity index is 1670.